The van der Waals surface area contributed by atoms with E-state index in [1.165, 1.54) is 0 Å². The van der Waals surface area contributed by atoms with Crippen molar-refractivity contribution in [1.29, 1.82) is 0 Å². The Morgan fingerprint density at radius 1 is 1.32 bits per heavy atom. The Hall–Kier alpha value is -2.05. The molecule has 22 heavy (non-hydrogen) atoms. The van der Waals surface area contributed by atoms with E-state index in [4.69, 9.17) is 10.3 Å². The molecule has 7 heteroatoms. The van der Waals surface area contributed by atoms with Gasteiger partial charge in [-0.25, -0.2) is 4.79 Å². The number of hydrogen-bond donors (Lipinski definition) is 1. The fraction of sp³-hybridized carbons (Fsp3) is 0.667. The first-order valence-corrected chi connectivity index (χ1v) is 7.84. The van der Waals surface area contributed by atoms with Gasteiger partial charge in [0.05, 0.1) is 17.7 Å². The molecular weight excluding hydrogens is 284 g/mol. The predicted molar refractivity (Wildman–Crippen MR) is 78.8 cm³/mol. The Morgan fingerprint density at radius 2 is 2.09 bits per heavy atom. The highest BCUT2D eigenvalue weighted by atomic mass is 16.5. The average Bonchev–Trinajstić information content (AvgIpc) is 3.15. The number of aromatic nitrogens is 1. The molecule has 2 aliphatic heterocycles. The standard InChI is InChI=1S/C15H22N4O3/c1-10-8-13(22-17-10)12-5-3-7-19(12)14(20)11-4-2-6-18(9-11)15(16)21/h8,11-12H,2-7,9H2,1H3,(H2,16,21). The number of carbonyl (C=O) groups is 2. The second kappa shape index (κ2) is 5.98. The van der Waals surface area contributed by atoms with Gasteiger partial charge in [0.15, 0.2) is 5.76 Å². The molecule has 0 bridgehead atoms. The van der Waals surface area contributed by atoms with Crippen LogP contribution in [-0.4, -0.2) is 46.5 Å². The van der Waals surface area contributed by atoms with Gasteiger partial charge < -0.3 is 20.1 Å². The summed E-state index contributed by atoms with van der Waals surface area (Å²) in [6.07, 6.45) is 3.48. The summed E-state index contributed by atoms with van der Waals surface area (Å²) < 4.78 is 5.35. The maximum absolute atomic E-state index is 12.8. The second-order valence-corrected chi connectivity index (χ2v) is 6.18. The first kappa shape index (κ1) is 14.9. The Balaban J connectivity index is 1.72. The van der Waals surface area contributed by atoms with E-state index in [0.717, 1.165) is 43.7 Å². The van der Waals surface area contributed by atoms with E-state index in [1.807, 2.05) is 17.9 Å². The lowest BCUT2D eigenvalue weighted by molar-refractivity contribution is -0.138. The van der Waals surface area contributed by atoms with Crippen molar-refractivity contribution in [2.24, 2.45) is 11.7 Å². The van der Waals surface area contributed by atoms with E-state index < -0.39 is 6.03 Å². The van der Waals surface area contributed by atoms with E-state index in [2.05, 4.69) is 5.16 Å². The third-order valence-corrected chi connectivity index (χ3v) is 4.59. The quantitative estimate of drug-likeness (QED) is 0.894. The van der Waals surface area contributed by atoms with Crippen molar-refractivity contribution in [3.05, 3.63) is 17.5 Å². The molecular formula is C15H22N4O3. The lowest BCUT2D eigenvalue weighted by Gasteiger charge is -2.34. The number of piperidine rings is 1. The van der Waals surface area contributed by atoms with Gasteiger partial charge in [-0.1, -0.05) is 5.16 Å². The number of hydrogen-bond acceptors (Lipinski definition) is 4. The number of aryl methyl sites for hydroxylation is 1. The van der Waals surface area contributed by atoms with Crippen LogP contribution < -0.4 is 5.73 Å². The van der Waals surface area contributed by atoms with Crippen LogP contribution in [0.25, 0.3) is 0 Å². The number of rotatable bonds is 2. The lowest BCUT2D eigenvalue weighted by Crippen LogP contribution is -2.48. The highest BCUT2D eigenvalue weighted by Crippen LogP contribution is 2.34. The van der Waals surface area contributed by atoms with Gasteiger partial charge in [0, 0.05) is 25.7 Å². The number of nitrogens with two attached hydrogens (primary N) is 1. The molecule has 120 valence electrons. The Bertz CT molecular complexity index is 571. The average molecular weight is 306 g/mol. The summed E-state index contributed by atoms with van der Waals surface area (Å²) in [6.45, 7) is 3.67. The molecule has 1 aromatic heterocycles. The van der Waals surface area contributed by atoms with Crippen molar-refractivity contribution in [3.8, 4) is 0 Å². The fourth-order valence-electron chi connectivity index (χ4n) is 3.48. The van der Waals surface area contributed by atoms with Gasteiger partial charge in [0.25, 0.3) is 0 Å². The molecule has 0 saturated carbocycles. The zero-order valence-electron chi connectivity index (χ0n) is 12.8. The molecule has 7 nitrogen and oxygen atoms in total. The van der Waals surface area contributed by atoms with Crippen molar-refractivity contribution in [2.45, 2.75) is 38.6 Å². The number of likely N-dealkylation sites (tertiary alicyclic amines) is 2. The maximum atomic E-state index is 12.8. The van der Waals surface area contributed by atoms with Gasteiger partial charge in [-0.3, -0.25) is 4.79 Å². The van der Waals surface area contributed by atoms with Gasteiger partial charge in [-0.2, -0.15) is 0 Å². The zero-order valence-corrected chi connectivity index (χ0v) is 12.8. The predicted octanol–water partition coefficient (Wildman–Crippen LogP) is 1.44. The number of carbonyl (C=O) groups excluding carboxylic acids is 2. The minimum atomic E-state index is -0.443. The summed E-state index contributed by atoms with van der Waals surface area (Å²) in [5.74, 6) is 0.694. The maximum Gasteiger partial charge on any atom is 0.314 e. The second-order valence-electron chi connectivity index (χ2n) is 6.18. The largest absolute Gasteiger partial charge is 0.359 e. The summed E-state index contributed by atoms with van der Waals surface area (Å²) in [4.78, 5) is 27.6. The number of primary amides is 1. The van der Waals surface area contributed by atoms with Crippen LogP contribution in [0.1, 0.15) is 43.2 Å². The minimum Gasteiger partial charge on any atom is -0.359 e. The van der Waals surface area contributed by atoms with Crippen LogP contribution in [0.5, 0.6) is 0 Å². The van der Waals surface area contributed by atoms with Crippen molar-refractivity contribution in [2.75, 3.05) is 19.6 Å². The molecule has 1 aromatic rings. The third kappa shape index (κ3) is 2.80. The molecule has 0 aliphatic carbocycles. The molecule has 2 aliphatic rings. The molecule has 2 N–H and O–H groups in total. The van der Waals surface area contributed by atoms with E-state index in [-0.39, 0.29) is 17.9 Å². The molecule has 2 fully saturated rings. The summed E-state index contributed by atoms with van der Waals surface area (Å²) in [7, 11) is 0. The van der Waals surface area contributed by atoms with E-state index in [9.17, 15) is 9.59 Å². The molecule has 0 radical (unpaired) electrons. The smallest absolute Gasteiger partial charge is 0.314 e. The van der Waals surface area contributed by atoms with Crippen LogP contribution in [0.4, 0.5) is 4.79 Å². The lowest BCUT2D eigenvalue weighted by atomic mass is 9.96. The number of amides is 3. The van der Waals surface area contributed by atoms with Gasteiger partial charge in [-0.15, -0.1) is 0 Å². The van der Waals surface area contributed by atoms with Gasteiger partial charge in [0.1, 0.15) is 0 Å². The molecule has 3 amide bonds. The van der Waals surface area contributed by atoms with Gasteiger partial charge in [0.2, 0.25) is 5.91 Å². The molecule has 0 spiro atoms. The summed E-state index contributed by atoms with van der Waals surface area (Å²) >= 11 is 0. The van der Waals surface area contributed by atoms with Crippen molar-refractivity contribution in [1.82, 2.24) is 15.0 Å². The molecule has 3 rings (SSSR count). The fourth-order valence-corrected chi connectivity index (χ4v) is 3.48. The molecule has 2 unspecified atom stereocenters. The summed E-state index contributed by atoms with van der Waals surface area (Å²) in [5.41, 5.74) is 6.17. The zero-order chi connectivity index (χ0) is 15.7. The van der Waals surface area contributed by atoms with Crippen LogP contribution >= 0.6 is 0 Å². The molecule has 2 atom stereocenters. The van der Waals surface area contributed by atoms with Gasteiger partial charge in [-0.05, 0) is 32.6 Å². The highest BCUT2D eigenvalue weighted by Gasteiger charge is 2.37. The normalized spacial score (nSPS) is 25.5. The van der Waals surface area contributed by atoms with E-state index >= 15 is 0 Å². The third-order valence-electron chi connectivity index (χ3n) is 4.59. The first-order valence-electron chi connectivity index (χ1n) is 7.84. The van der Waals surface area contributed by atoms with Crippen molar-refractivity contribution < 1.29 is 14.1 Å². The van der Waals surface area contributed by atoms with Crippen LogP contribution in [0.2, 0.25) is 0 Å². The monoisotopic (exact) mass is 306 g/mol. The first-order chi connectivity index (χ1) is 10.6. The van der Waals surface area contributed by atoms with Crippen LogP contribution in [0.3, 0.4) is 0 Å². The van der Waals surface area contributed by atoms with Crippen LogP contribution in [0, 0.1) is 12.8 Å². The SMILES string of the molecule is Cc1cc(C2CCCN2C(=O)C2CCCN(C(N)=O)C2)on1. The molecule has 3 heterocycles. The molecule has 2 saturated heterocycles. The highest BCUT2D eigenvalue weighted by molar-refractivity contribution is 5.81. The van der Waals surface area contributed by atoms with Crippen LogP contribution in [-0.2, 0) is 4.79 Å². The van der Waals surface area contributed by atoms with E-state index in [1.54, 1.807) is 4.90 Å². The minimum absolute atomic E-state index is 0.0299. The van der Waals surface area contributed by atoms with E-state index in [0.29, 0.717) is 13.1 Å². The summed E-state index contributed by atoms with van der Waals surface area (Å²) in [6, 6.07) is 1.42. The van der Waals surface area contributed by atoms with Crippen molar-refractivity contribution in [3.63, 3.8) is 0 Å². The number of nitrogens with zero attached hydrogens (tertiary/aromatic N) is 3. The Kier molecular flexibility index (Phi) is 4.04. The molecule has 0 aromatic carbocycles. The van der Waals surface area contributed by atoms with Gasteiger partial charge >= 0.3 is 6.03 Å². The topological polar surface area (TPSA) is 92.7 Å². The Labute approximate surface area is 129 Å². The van der Waals surface area contributed by atoms with Crippen molar-refractivity contribution >= 4 is 11.9 Å². The number of urea groups is 1. The van der Waals surface area contributed by atoms with Crippen LogP contribution in [0.15, 0.2) is 10.6 Å². The Morgan fingerprint density at radius 3 is 2.77 bits per heavy atom. The summed E-state index contributed by atoms with van der Waals surface area (Å²) in [5, 5.41) is 3.92.